The zero-order valence-electron chi connectivity index (χ0n) is 18.6. The maximum absolute atomic E-state index is 12.6. The van der Waals surface area contributed by atoms with Crippen molar-refractivity contribution < 1.29 is 13.2 Å². The van der Waals surface area contributed by atoms with Gasteiger partial charge >= 0.3 is 0 Å². The van der Waals surface area contributed by atoms with E-state index in [0.29, 0.717) is 17.5 Å². The molecular weight excluding hydrogens is 460 g/mol. The molecule has 4 rings (SSSR count). The number of amides is 1. The van der Waals surface area contributed by atoms with Gasteiger partial charge in [-0.1, -0.05) is 0 Å². The second kappa shape index (κ2) is 8.32. The molecule has 0 saturated carbocycles. The Bertz CT molecular complexity index is 1340. The summed E-state index contributed by atoms with van der Waals surface area (Å²) in [5.74, 6) is 0.996. The summed E-state index contributed by atoms with van der Waals surface area (Å²) in [6.45, 7) is 5.74. The number of hydrogen-bond acceptors (Lipinski definition) is 8. The molecular formula is C22H24N6O3S2. The summed E-state index contributed by atoms with van der Waals surface area (Å²) in [6.07, 6.45) is 1.68. The van der Waals surface area contributed by atoms with Crippen LogP contribution in [0.1, 0.15) is 19.4 Å². The highest BCUT2D eigenvalue weighted by Crippen LogP contribution is 2.45. The number of sulfonamides is 1. The number of aryl methyl sites for hydroxylation is 1. The summed E-state index contributed by atoms with van der Waals surface area (Å²) < 4.78 is 22.3. The molecule has 1 aliphatic heterocycles. The number of rotatable bonds is 5. The first-order valence-electron chi connectivity index (χ1n) is 10.1. The monoisotopic (exact) mass is 484 g/mol. The number of nitrogens with one attached hydrogen (secondary N) is 2. The molecule has 0 fully saturated rings. The second-order valence-electron chi connectivity index (χ2n) is 8.20. The molecule has 2 heterocycles. The van der Waals surface area contributed by atoms with Gasteiger partial charge in [-0.3, -0.25) is 4.79 Å². The van der Waals surface area contributed by atoms with Crippen molar-refractivity contribution in [3.63, 3.8) is 0 Å². The largest absolute Gasteiger partial charge is 0.340 e. The van der Waals surface area contributed by atoms with E-state index in [4.69, 9.17) is 5.14 Å². The SMILES string of the molecule is Cc1cnc(Nc2ccc(S(N)(=O)=O)cc2)nc1Nc1ccc2c(c1)N(C)C(=O)C(C)(C)S2. The number of nitrogens with zero attached hydrogens (tertiary/aromatic N) is 3. The fourth-order valence-corrected chi connectivity index (χ4v) is 5.12. The normalized spacial score (nSPS) is 15.2. The molecule has 0 aliphatic carbocycles. The van der Waals surface area contributed by atoms with Gasteiger partial charge in [0.2, 0.25) is 21.9 Å². The zero-order valence-corrected chi connectivity index (χ0v) is 20.2. The predicted octanol–water partition coefficient (Wildman–Crippen LogP) is 3.77. The van der Waals surface area contributed by atoms with Gasteiger partial charge < -0.3 is 15.5 Å². The Balaban J connectivity index is 1.56. The number of hydrogen-bond donors (Lipinski definition) is 3. The van der Waals surface area contributed by atoms with Crippen molar-refractivity contribution in [2.75, 3.05) is 22.6 Å². The van der Waals surface area contributed by atoms with Crippen molar-refractivity contribution in [3.05, 3.63) is 54.2 Å². The lowest BCUT2D eigenvalue weighted by molar-refractivity contribution is -0.120. The third-order valence-corrected chi connectivity index (χ3v) is 7.36. The minimum Gasteiger partial charge on any atom is -0.340 e. The fraction of sp³-hybridized carbons (Fsp3) is 0.227. The Labute approximate surface area is 196 Å². The van der Waals surface area contributed by atoms with Crippen LogP contribution in [0.3, 0.4) is 0 Å². The fourth-order valence-electron chi connectivity index (χ4n) is 3.40. The Kier molecular flexibility index (Phi) is 5.81. The van der Waals surface area contributed by atoms with Crippen LogP contribution in [0, 0.1) is 6.92 Å². The number of thioether (sulfide) groups is 1. The van der Waals surface area contributed by atoms with Gasteiger partial charge in [-0.25, -0.2) is 18.5 Å². The molecule has 1 aliphatic rings. The molecule has 0 unspecified atom stereocenters. The van der Waals surface area contributed by atoms with Crippen LogP contribution in [0.4, 0.5) is 28.8 Å². The summed E-state index contributed by atoms with van der Waals surface area (Å²) in [4.78, 5) is 24.2. The van der Waals surface area contributed by atoms with Gasteiger partial charge in [0.1, 0.15) is 5.82 Å². The number of carbonyl (C=O) groups excluding carboxylic acids is 1. The van der Waals surface area contributed by atoms with Crippen LogP contribution in [0.15, 0.2) is 58.5 Å². The average Bonchev–Trinajstić information content (AvgIpc) is 2.75. The summed E-state index contributed by atoms with van der Waals surface area (Å²) in [5, 5.41) is 11.5. The summed E-state index contributed by atoms with van der Waals surface area (Å²) >= 11 is 1.55. The first kappa shape index (κ1) is 23.0. The summed E-state index contributed by atoms with van der Waals surface area (Å²) in [5.41, 5.74) is 3.09. The van der Waals surface area contributed by atoms with Crippen molar-refractivity contribution >= 4 is 56.5 Å². The van der Waals surface area contributed by atoms with E-state index in [1.165, 1.54) is 12.1 Å². The third-order valence-electron chi connectivity index (χ3n) is 5.18. The molecule has 0 spiro atoms. The first-order chi connectivity index (χ1) is 15.4. The number of fused-ring (bicyclic) bond motifs is 1. The minimum absolute atomic E-state index is 0.0256. The molecule has 9 nitrogen and oxygen atoms in total. The van der Waals surface area contributed by atoms with E-state index in [2.05, 4.69) is 20.6 Å². The standard InChI is InChI=1S/C22H24N6O3S2/c1-13-12-24-21(26-14-5-8-16(9-6-14)33(23,30)31)27-19(13)25-15-7-10-18-17(11-15)28(4)20(29)22(2,3)32-18/h5-12H,1-4H3,(H2,23,30,31)(H2,24,25,26,27). The molecule has 33 heavy (non-hydrogen) atoms. The van der Waals surface area contributed by atoms with E-state index < -0.39 is 14.8 Å². The van der Waals surface area contributed by atoms with E-state index in [0.717, 1.165) is 21.8 Å². The predicted molar refractivity (Wildman–Crippen MR) is 131 cm³/mol. The van der Waals surface area contributed by atoms with Crippen molar-refractivity contribution in [3.8, 4) is 0 Å². The van der Waals surface area contributed by atoms with Gasteiger partial charge in [-0.2, -0.15) is 4.98 Å². The molecule has 0 radical (unpaired) electrons. The van der Waals surface area contributed by atoms with Gasteiger partial charge in [0.25, 0.3) is 0 Å². The maximum atomic E-state index is 12.6. The smallest absolute Gasteiger partial charge is 0.242 e. The molecule has 2 aromatic carbocycles. The summed E-state index contributed by atoms with van der Waals surface area (Å²) in [6, 6.07) is 11.9. The van der Waals surface area contributed by atoms with Crippen LogP contribution in [0.25, 0.3) is 0 Å². The van der Waals surface area contributed by atoms with Crippen LogP contribution in [0.2, 0.25) is 0 Å². The van der Waals surface area contributed by atoms with Crippen LogP contribution in [0.5, 0.6) is 0 Å². The molecule has 4 N–H and O–H groups in total. The Hall–Kier alpha value is -3.15. The van der Waals surface area contributed by atoms with Crippen molar-refractivity contribution in [1.29, 1.82) is 0 Å². The van der Waals surface area contributed by atoms with Gasteiger partial charge in [0.15, 0.2) is 0 Å². The highest BCUT2D eigenvalue weighted by atomic mass is 32.2. The van der Waals surface area contributed by atoms with Crippen LogP contribution in [-0.4, -0.2) is 36.1 Å². The van der Waals surface area contributed by atoms with Crippen molar-refractivity contribution in [1.82, 2.24) is 9.97 Å². The molecule has 0 saturated heterocycles. The maximum Gasteiger partial charge on any atom is 0.242 e. The zero-order chi connectivity index (χ0) is 24.0. The highest BCUT2D eigenvalue weighted by molar-refractivity contribution is 8.01. The quantitative estimate of drug-likeness (QED) is 0.499. The first-order valence-corrected chi connectivity index (χ1v) is 12.4. The number of nitrogens with two attached hydrogens (primary N) is 1. The molecule has 0 atom stereocenters. The van der Waals surface area contributed by atoms with Gasteiger partial charge in [0, 0.05) is 35.1 Å². The molecule has 0 bridgehead atoms. The number of aromatic nitrogens is 2. The second-order valence-corrected chi connectivity index (χ2v) is 11.4. The van der Waals surface area contributed by atoms with Crippen molar-refractivity contribution in [2.24, 2.45) is 5.14 Å². The van der Waals surface area contributed by atoms with E-state index >= 15 is 0 Å². The van der Waals surface area contributed by atoms with E-state index in [1.54, 1.807) is 42.0 Å². The van der Waals surface area contributed by atoms with Crippen LogP contribution >= 0.6 is 11.8 Å². The molecule has 1 aromatic heterocycles. The molecule has 11 heteroatoms. The molecule has 3 aromatic rings. The lowest BCUT2D eigenvalue weighted by Gasteiger charge is -2.36. The van der Waals surface area contributed by atoms with Gasteiger partial charge in [-0.05, 0) is 63.2 Å². The van der Waals surface area contributed by atoms with E-state index in [-0.39, 0.29) is 10.8 Å². The number of anilines is 5. The number of primary sulfonamides is 1. The van der Waals surface area contributed by atoms with Gasteiger partial charge in [0.05, 0.1) is 15.3 Å². The van der Waals surface area contributed by atoms with Crippen LogP contribution in [-0.2, 0) is 14.8 Å². The molecule has 1 amide bonds. The van der Waals surface area contributed by atoms with E-state index in [1.807, 2.05) is 39.0 Å². The Morgan fingerprint density at radius 2 is 1.73 bits per heavy atom. The average molecular weight is 485 g/mol. The van der Waals surface area contributed by atoms with Crippen molar-refractivity contribution in [2.45, 2.75) is 35.3 Å². The van der Waals surface area contributed by atoms with Gasteiger partial charge in [-0.15, -0.1) is 11.8 Å². The molecule has 172 valence electrons. The summed E-state index contributed by atoms with van der Waals surface area (Å²) in [7, 11) is -1.97. The minimum atomic E-state index is -3.76. The van der Waals surface area contributed by atoms with E-state index in [9.17, 15) is 13.2 Å². The lowest BCUT2D eigenvalue weighted by atomic mass is 10.1. The Morgan fingerprint density at radius 3 is 2.39 bits per heavy atom. The Morgan fingerprint density at radius 1 is 1.06 bits per heavy atom. The number of carbonyl (C=O) groups is 1. The third kappa shape index (κ3) is 4.80. The highest BCUT2D eigenvalue weighted by Gasteiger charge is 2.38. The lowest BCUT2D eigenvalue weighted by Crippen LogP contribution is -2.44. The van der Waals surface area contributed by atoms with Crippen LogP contribution < -0.4 is 20.7 Å². The topological polar surface area (TPSA) is 130 Å². The number of benzene rings is 2.